The van der Waals surface area contributed by atoms with E-state index in [4.69, 9.17) is 4.74 Å². The zero-order chi connectivity index (χ0) is 13.8. The van der Waals surface area contributed by atoms with E-state index in [1.165, 1.54) is 6.42 Å². The first-order valence-electron chi connectivity index (χ1n) is 7.42. The highest BCUT2D eigenvalue weighted by atomic mass is 16.5. The predicted molar refractivity (Wildman–Crippen MR) is 76.5 cm³/mol. The fraction of sp³-hybridized carbons (Fsp3) is 1.00. The van der Waals surface area contributed by atoms with Crippen molar-refractivity contribution >= 4 is 0 Å². The third-order valence-electron chi connectivity index (χ3n) is 5.28. The molecule has 106 valence electrons. The molecule has 2 unspecified atom stereocenters. The fourth-order valence-corrected chi connectivity index (χ4v) is 3.97. The topological polar surface area (TPSA) is 21.3 Å². The van der Waals surface area contributed by atoms with E-state index in [1.807, 2.05) is 0 Å². The van der Waals surface area contributed by atoms with E-state index >= 15 is 0 Å². The molecule has 0 radical (unpaired) electrons. The quantitative estimate of drug-likeness (QED) is 0.705. The molecular weight excluding hydrogens is 222 g/mol. The molecule has 18 heavy (non-hydrogen) atoms. The average Bonchev–Trinajstić information content (AvgIpc) is 2.08. The third kappa shape index (κ3) is 2.46. The molecule has 0 bridgehead atoms. The van der Waals surface area contributed by atoms with Gasteiger partial charge in [-0.3, -0.25) is 5.32 Å². The van der Waals surface area contributed by atoms with Crippen molar-refractivity contribution in [2.24, 2.45) is 16.7 Å². The molecule has 2 rings (SSSR count). The molecule has 2 nitrogen and oxygen atoms in total. The molecule has 1 spiro atoms. The lowest BCUT2D eigenvalue weighted by Gasteiger charge is -2.58. The van der Waals surface area contributed by atoms with Crippen molar-refractivity contribution in [3.63, 3.8) is 0 Å². The Hall–Kier alpha value is -0.0800. The molecule has 1 aliphatic heterocycles. The first-order chi connectivity index (χ1) is 7.97. The zero-order valence-corrected chi connectivity index (χ0v) is 13.3. The second kappa shape index (κ2) is 3.96. The summed E-state index contributed by atoms with van der Waals surface area (Å²) in [5.74, 6) is 0.735. The van der Waals surface area contributed by atoms with Gasteiger partial charge in [-0.05, 0) is 44.4 Å². The van der Waals surface area contributed by atoms with Crippen LogP contribution in [-0.4, -0.2) is 17.9 Å². The lowest BCUT2D eigenvalue weighted by atomic mass is 9.66. The molecule has 0 aromatic heterocycles. The highest BCUT2D eigenvalue weighted by Crippen LogP contribution is 2.50. The maximum absolute atomic E-state index is 6.61. The first-order valence-corrected chi connectivity index (χ1v) is 7.42. The minimum atomic E-state index is -0.0970. The van der Waals surface area contributed by atoms with E-state index < -0.39 is 0 Å². The van der Waals surface area contributed by atoms with Gasteiger partial charge in [-0.2, -0.15) is 0 Å². The van der Waals surface area contributed by atoms with Gasteiger partial charge >= 0.3 is 0 Å². The smallest absolute Gasteiger partial charge is 0.120 e. The number of hydrogen-bond acceptors (Lipinski definition) is 2. The monoisotopic (exact) mass is 253 g/mol. The Morgan fingerprint density at radius 1 is 1.00 bits per heavy atom. The van der Waals surface area contributed by atoms with Crippen molar-refractivity contribution in [3.05, 3.63) is 0 Å². The Balaban J connectivity index is 2.23. The summed E-state index contributed by atoms with van der Waals surface area (Å²) in [5, 5.41) is 3.74. The van der Waals surface area contributed by atoms with Crippen molar-refractivity contribution in [2.75, 3.05) is 6.54 Å². The van der Waals surface area contributed by atoms with Crippen LogP contribution in [0.4, 0.5) is 0 Å². The van der Waals surface area contributed by atoms with Crippen LogP contribution in [0.15, 0.2) is 0 Å². The minimum absolute atomic E-state index is 0.0641. The van der Waals surface area contributed by atoms with Crippen molar-refractivity contribution < 1.29 is 4.74 Å². The van der Waals surface area contributed by atoms with Crippen molar-refractivity contribution in [1.82, 2.24) is 5.32 Å². The standard InChI is InChI=1S/C16H31NO/c1-12-8-13(2,3)10-16(9-12)17-11-14(4,5)15(6,7)18-16/h12,17H,8-11H2,1-7H3. The van der Waals surface area contributed by atoms with Crippen LogP contribution in [-0.2, 0) is 4.74 Å². The van der Waals surface area contributed by atoms with Crippen LogP contribution in [0.2, 0.25) is 0 Å². The molecule has 2 atom stereocenters. The van der Waals surface area contributed by atoms with Gasteiger partial charge in [0.15, 0.2) is 0 Å². The van der Waals surface area contributed by atoms with Gasteiger partial charge in [0.05, 0.1) is 5.60 Å². The normalized spacial score (nSPS) is 41.8. The summed E-state index contributed by atoms with van der Waals surface area (Å²) < 4.78 is 6.61. The molecule has 1 heterocycles. The first kappa shape index (κ1) is 14.3. The van der Waals surface area contributed by atoms with Crippen LogP contribution < -0.4 is 5.32 Å². The second-order valence-electron chi connectivity index (χ2n) is 8.70. The molecule has 1 N–H and O–H groups in total. The molecular formula is C16H31NO. The molecule has 2 heteroatoms. The van der Waals surface area contributed by atoms with Gasteiger partial charge in [-0.1, -0.05) is 34.6 Å². The van der Waals surface area contributed by atoms with E-state index in [2.05, 4.69) is 53.8 Å². The van der Waals surface area contributed by atoms with Gasteiger partial charge in [0, 0.05) is 12.0 Å². The number of hydrogen-bond donors (Lipinski definition) is 1. The van der Waals surface area contributed by atoms with Crippen molar-refractivity contribution in [2.45, 2.75) is 79.1 Å². The zero-order valence-electron chi connectivity index (χ0n) is 13.3. The van der Waals surface area contributed by atoms with E-state index in [0.717, 1.165) is 25.3 Å². The summed E-state index contributed by atoms with van der Waals surface area (Å²) in [6.07, 6.45) is 3.59. The molecule has 0 aromatic carbocycles. The summed E-state index contributed by atoms with van der Waals surface area (Å²) in [4.78, 5) is 0. The van der Waals surface area contributed by atoms with E-state index in [9.17, 15) is 0 Å². The SMILES string of the molecule is CC1CC(C)(C)CC2(C1)NCC(C)(C)C(C)(C)O2. The Labute approximate surface area is 113 Å². The van der Waals surface area contributed by atoms with E-state index in [-0.39, 0.29) is 16.7 Å². The molecule has 2 aliphatic rings. The Kier molecular flexibility index (Phi) is 3.15. The van der Waals surface area contributed by atoms with Crippen LogP contribution in [0, 0.1) is 16.7 Å². The van der Waals surface area contributed by atoms with Gasteiger partial charge in [-0.25, -0.2) is 0 Å². The second-order valence-corrected chi connectivity index (χ2v) is 8.70. The van der Waals surface area contributed by atoms with Gasteiger partial charge in [0.2, 0.25) is 0 Å². The maximum Gasteiger partial charge on any atom is 0.120 e. The molecule has 1 aliphatic carbocycles. The van der Waals surface area contributed by atoms with Crippen molar-refractivity contribution in [1.29, 1.82) is 0 Å². The summed E-state index contributed by atoms with van der Waals surface area (Å²) in [6.45, 7) is 17.3. The maximum atomic E-state index is 6.61. The van der Waals surface area contributed by atoms with Crippen LogP contribution in [0.25, 0.3) is 0 Å². The Morgan fingerprint density at radius 2 is 1.61 bits per heavy atom. The van der Waals surface area contributed by atoms with Gasteiger partial charge < -0.3 is 4.74 Å². The van der Waals surface area contributed by atoms with E-state index in [1.54, 1.807) is 0 Å². The lowest BCUT2D eigenvalue weighted by Crippen LogP contribution is -2.67. The number of ether oxygens (including phenoxy) is 1. The summed E-state index contributed by atoms with van der Waals surface area (Å²) in [5.41, 5.74) is 0.400. The molecule has 2 fully saturated rings. The molecule has 1 saturated carbocycles. The highest BCUT2D eigenvalue weighted by molar-refractivity contribution is 5.02. The largest absolute Gasteiger partial charge is 0.354 e. The lowest BCUT2D eigenvalue weighted by molar-refractivity contribution is -0.261. The van der Waals surface area contributed by atoms with Gasteiger partial charge in [-0.15, -0.1) is 0 Å². The highest BCUT2D eigenvalue weighted by Gasteiger charge is 2.53. The average molecular weight is 253 g/mol. The summed E-state index contributed by atoms with van der Waals surface area (Å²) in [6, 6.07) is 0. The minimum Gasteiger partial charge on any atom is -0.354 e. The Bertz CT molecular complexity index is 332. The third-order valence-corrected chi connectivity index (χ3v) is 5.28. The fourth-order valence-electron chi connectivity index (χ4n) is 3.97. The van der Waals surface area contributed by atoms with Crippen LogP contribution in [0.5, 0.6) is 0 Å². The summed E-state index contributed by atoms with van der Waals surface area (Å²) >= 11 is 0. The molecule has 1 saturated heterocycles. The Morgan fingerprint density at radius 3 is 2.11 bits per heavy atom. The van der Waals surface area contributed by atoms with Crippen LogP contribution in [0.1, 0.15) is 67.7 Å². The van der Waals surface area contributed by atoms with E-state index in [0.29, 0.717) is 5.41 Å². The number of rotatable bonds is 0. The van der Waals surface area contributed by atoms with Crippen molar-refractivity contribution in [3.8, 4) is 0 Å². The molecule has 0 aromatic rings. The van der Waals surface area contributed by atoms with Gasteiger partial charge in [0.25, 0.3) is 0 Å². The van der Waals surface area contributed by atoms with Gasteiger partial charge in [0.1, 0.15) is 5.72 Å². The predicted octanol–water partition coefficient (Wildman–Crippen LogP) is 3.95. The summed E-state index contributed by atoms with van der Waals surface area (Å²) in [7, 11) is 0. The molecule has 0 amide bonds. The van der Waals surface area contributed by atoms with Crippen LogP contribution >= 0.6 is 0 Å². The number of nitrogens with one attached hydrogen (secondary N) is 1. The van der Waals surface area contributed by atoms with Crippen LogP contribution in [0.3, 0.4) is 0 Å².